The minimum Gasteiger partial charge on any atom is -0.460 e. The molecule has 1 heterocycles. The number of ether oxygens (including phenoxy) is 3. The van der Waals surface area contributed by atoms with Gasteiger partial charge in [0.15, 0.2) is 0 Å². The van der Waals surface area contributed by atoms with E-state index >= 15 is 0 Å². The largest absolute Gasteiger partial charge is 0.460 e. The molecule has 0 saturated heterocycles. The monoisotopic (exact) mass is 708 g/mol. The van der Waals surface area contributed by atoms with E-state index in [1.54, 1.807) is 30.0 Å². The lowest BCUT2D eigenvalue weighted by atomic mass is 9.56. The van der Waals surface area contributed by atoms with Crippen molar-refractivity contribution >= 4 is 23.2 Å². The third-order valence-electron chi connectivity index (χ3n) is 9.68. The number of unbranched alkanes of at least 4 members (excludes halogenated alkanes) is 2. The van der Waals surface area contributed by atoms with Gasteiger partial charge in [-0.2, -0.15) is 11.8 Å². The zero-order valence-electron chi connectivity index (χ0n) is 29.7. The highest BCUT2D eigenvalue weighted by atomic mass is 32.2. The second-order valence-corrected chi connectivity index (χ2v) is 15.7. The fourth-order valence-electron chi connectivity index (χ4n) is 7.73. The Morgan fingerprint density at radius 2 is 1.84 bits per heavy atom. The first-order valence-electron chi connectivity index (χ1n) is 17.9. The summed E-state index contributed by atoms with van der Waals surface area (Å²) in [6, 6.07) is 12.0. The maximum absolute atomic E-state index is 11.5. The standard InChI is InChI=1S/C39H52N2O8S/c1-6-21-46-39-35(50-7-2)25-33(40-49-38(3,4)5)31-22-26(13-8-10-19-42)30(16-9-11-20-43)36(37(31)39)32-24-29(17-18-34(32)48-39)47-28-15-12-14-27(23-28)41(44)45/h6,12,14-15,17-18,22-24,26,30,35-37,42-43H,1,7-11,13,16,19-21,25H2,2-5H3/t26-,30+,35-,36+,37+,39+/m0/s1. The van der Waals surface area contributed by atoms with E-state index in [1.165, 1.54) is 12.1 Å². The summed E-state index contributed by atoms with van der Waals surface area (Å²) < 4.78 is 20.3. The van der Waals surface area contributed by atoms with E-state index in [0.717, 1.165) is 54.0 Å². The van der Waals surface area contributed by atoms with Crippen molar-refractivity contribution in [2.45, 2.75) is 95.2 Å². The summed E-state index contributed by atoms with van der Waals surface area (Å²) >= 11 is 1.80. The zero-order valence-corrected chi connectivity index (χ0v) is 30.5. The molecule has 2 aromatic rings. The van der Waals surface area contributed by atoms with Crippen molar-refractivity contribution in [1.29, 1.82) is 0 Å². The summed E-state index contributed by atoms with van der Waals surface area (Å²) in [6.07, 6.45) is 9.64. The molecular formula is C39H52N2O8S. The Morgan fingerprint density at radius 1 is 1.10 bits per heavy atom. The molecule has 272 valence electrons. The first kappa shape index (κ1) is 37.9. The molecular weight excluding hydrogens is 657 g/mol. The van der Waals surface area contributed by atoms with Gasteiger partial charge in [-0.25, -0.2) is 0 Å². The molecule has 0 amide bonds. The quantitative estimate of drug-likeness (QED) is 0.0718. The number of hydrogen-bond donors (Lipinski definition) is 2. The molecule has 2 aromatic carbocycles. The van der Waals surface area contributed by atoms with Crippen molar-refractivity contribution in [3.05, 3.63) is 82.4 Å². The van der Waals surface area contributed by atoms with Gasteiger partial charge in [0, 0.05) is 37.2 Å². The molecule has 5 rings (SSSR count). The molecule has 2 N–H and O–H groups in total. The van der Waals surface area contributed by atoms with E-state index in [0.29, 0.717) is 37.4 Å². The Morgan fingerprint density at radius 3 is 2.52 bits per heavy atom. The molecule has 0 spiro atoms. The fourth-order valence-corrected chi connectivity index (χ4v) is 8.90. The normalized spacial score (nSPS) is 26.3. The van der Waals surface area contributed by atoms with Crippen LogP contribution in [0, 0.1) is 27.9 Å². The number of oxime groups is 1. The van der Waals surface area contributed by atoms with E-state index in [4.69, 9.17) is 24.2 Å². The minimum atomic E-state index is -1.02. The maximum Gasteiger partial charge on any atom is 0.273 e. The van der Waals surface area contributed by atoms with Gasteiger partial charge in [-0.15, -0.1) is 6.58 Å². The van der Waals surface area contributed by atoms with Crippen LogP contribution >= 0.6 is 11.8 Å². The first-order valence-corrected chi connectivity index (χ1v) is 18.9. The number of benzene rings is 2. The van der Waals surface area contributed by atoms with E-state index < -0.39 is 16.3 Å². The Hall–Kier alpha value is -3.38. The predicted octanol–water partition coefficient (Wildman–Crippen LogP) is 8.57. The molecule has 1 aliphatic heterocycles. The lowest BCUT2D eigenvalue weighted by Crippen LogP contribution is -2.64. The molecule has 11 heteroatoms. The molecule has 50 heavy (non-hydrogen) atoms. The second-order valence-electron chi connectivity index (χ2n) is 14.3. The van der Waals surface area contributed by atoms with Crippen LogP contribution in [0.25, 0.3) is 0 Å². The lowest BCUT2D eigenvalue weighted by Gasteiger charge is -2.58. The van der Waals surface area contributed by atoms with Crippen molar-refractivity contribution in [1.82, 2.24) is 0 Å². The number of non-ortho nitro benzene ring substituents is 1. The van der Waals surface area contributed by atoms with Crippen molar-refractivity contribution in [2.75, 3.05) is 25.6 Å². The van der Waals surface area contributed by atoms with Gasteiger partial charge in [-0.05, 0) is 93.9 Å². The van der Waals surface area contributed by atoms with Crippen LogP contribution in [-0.4, -0.2) is 63.1 Å². The van der Waals surface area contributed by atoms with Gasteiger partial charge in [0.2, 0.25) is 5.79 Å². The summed E-state index contributed by atoms with van der Waals surface area (Å²) in [4.78, 5) is 17.2. The summed E-state index contributed by atoms with van der Waals surface area (Å²) in [5.74, 6) is 1.48. The number of allylic oxidation sites excluding steroid dienone is 1. The number of thioether (sulfide) groups is 1. The summed E-state index contributed by atoms with van der Waals surface area (Å²) in [5, 5.41) is 35.7. The third-order valence-corrected chi connectivity index (χ3v) is 10.9. The van der Waals surface area contributed by atoms with Gasteiger partial charge in [0.25, 0.3) is 5.69 Å². The predicted molar refractivity (Wildman–Crippen MR) is 197 cm³/mol. The topological polar surface area (TPSA) is 133 Å². The van der Waals surface area contributed by atoms with E-state index in [1.807, 2.05) is 39.0 Å². The van der Waals surface area contributed by atoms with Gasteiger partial charge < -0.3 is 29.3 Å². The van der Waals surface area contributed by atoms with E-state index in [2.05, 4.69) is 19.6 Å². The molecule has 1 fully saturated rings. The van der Waals surface area contributed by atoms with Gasteiger partial charge >= 0.3 is 0 Å². The van der Waals surface area contributed by atoms with Gasteiger partial charge in [0.1, 0.15) is 22.8 Å². The number of aliphatic hydroxyl groups excluding tert-OH is 2. The van der Waals surface area contributed by atoms with Crippen LogP contribution in [0.1, 0.15) is 84.1 Å². The number of fused-ring (bicyclic) bond motifs is 2. The highest BCUT2D eigenvalue weighted by molar-refractivity contribution is 8.00. The Balaban J connectivity index is 1.72. The van der Waals surface area contributed by atoms with Crippen molar-refractivity contribution in [3.8, 4) is 17.2 Å². The van der Waals surface area contributed by atoms with Crippen LogP contribution in [0.15, 0.2) is 71.9 Å². The van der Waals surface area contributed by atoms with E-state index in [-0.39, 0.29) is 47.8 Å². The van der Waals surface area contributed by atoms with Crippen LogP contribution in [0.5, 0.6) is 17.2 Å². The van der Waals surface area contributed by atoms with Crippen molar-refractivity contribution in [3.63, 3.8) is 0 Å². The average molecular weight is 709 g/mol. The molecule has 0 bridgehead atoms. The van der Waals surface area contributed by atoms with Crippen molar-refractivity contribution < 1.29 is 34.2 Å². The van der Waals surface area contributed by atoms with Crippen LogP contribution in [-0.2, 0) is 9.57 Å². The molecule has 0 unspecified atom stereocenters. The Bertz CT molecular complexity index is 1550. The van der Waals surface area contributed by atoms with Crippen LogP contribution in [0.4, 0.5) is 5.69 Å². The van der Waals surface area contributed by atoms with E-state index in [9.17, 15) is 20.3 Å². The van der Waals surface area contributed by atoms with Crippen molar-refractivity contribution in [2.24, 2.45) is 22.9 Å². The number of nitro groups is 1. The maximum atomic E-state index is 11.5. The highest BCUT2D eigenvalue weighted by Gasteiger charge is 2.63. The van der Waals surface area contributed by atoms with Gasteiger partial charge in [0.05, 0.1) is 34.5 Å². The van der Waals surface area contributed by atoms with Crippen LogP contribution in [0.2, 0.25) is 0 Å². The van der Waals surface area contributed by atoms with Gasteiger partial charge in [-0.3, -0.25) is 10.1 Å². The zero-order chi connectivity index (χ0) is 35.9. The Labute approximate surface area is 300 Å². The lowest BCUT2D eigenvalue weighted by molar-refractivity contribution is -0.384. The molecule has 2 aliphatic carbocycles. The number of aliphatic hydroxyl groups is 2. The molecule has 0 radical (unpaired) electrons. The third kappa shape index (κ3) is 8.39. The second kappa shape index (κ2) is 16.8. The summed E-state index contributed by atoms with van der Waals surface area (Å²) in [6.45, 7) is 12.7. The minimum absolute atomic E-state index is 0.0457. The smallest absolute Gasteiger partial charge is 0.273 e. The molecule has 0 aromatic heterocycles. The van der Waals surface area contributed by atoms with Crippen LogP contribution < -0.4 is 9.47 Å². The summed E-state index contributed by atoms with van der Waals surface area (Å²) in [7, 11) is 0. The fraction of sp³-hybridized carbons (Fsp3) is 0.564. The molecule has 1 saturated carbocycles. The van der Waals surface area contributed by atoms with Gasteiger partial charge in [-0.1, -0.05) is 43.1 Å². The SMILES string of the molecule is C=CCO[C@@]12Oc3ccc(Oc4cccc([N+](=O)[O-])c4)cc3[C@H]3[C@H](CCCCO)[C@@H](CCCCO)C=C(C(=NOC(C)(C)C)C[C@@H]1SCC)[C@H]32. The highest BCUT2D eigenvalue weighted by Crippen LogP contribution is 2.62. The Kier molecular flexibility index (Phi) is 12.7. The molecule has 6 atom stereocenters. The summed E-state index contributed by atoms with van der Waals surface area (Å²) in [5.41, 5.74) is 2.43. The number of rotatable bonds is 17. The average Bonchev–Trinajstić information content (AvgIpc) is 3.08. The number of hydrogen-bond acceptors (Lipinski definition) is 10. The number of nitro benzene ring substituents is 1. The number of nitrogens with zero attached hydrogens (tertiary/aromatic N) is 2. The molecule has 3 aliphatic rings. The molecule has 10 nitrogen and oxygen atoms in total. The first-order chi connectivity index (χ1) is 24.0. The van der Waals surface area contributed by atoms with Crippen LogP contribution in [0.3, 0.4) is 0 Å².